The van der Waals surface area contributed by atoms with Crippen LogP contribution in [0.5, 0.6) is 0 Å². The first-order chi connectivity index (χ1) is 9.43. The summed E-state index contributed by atoms with van der Waals surface area (Å²) in [5.74, 6) is -0.681. The van der Waals surface area contributed by atoms with Gasteiger partial charge in [-0.25, -0.2) is 4.79 Å². The lowest BCUT2D eigenvalue weighted by Gasteiger charge is -2.10. The first kappa shape index (κ1) is 14.1. The molecule has 2 heterocycles. The number of ether oxygens (including phenoxy) is 1. The molecule has 0 spiro atoms. The molecule has 0 amide bonds. The Morgan fingerprint density at radius 3 is 2.75 bits per heavy atom. The first-order valence-electron chi connectivity index (χ1n) is 5.71. The SMILES string of the molecule is CCOC(=O)c1cc(C(F)(F)F)cnc1-c1ccco1. The number of halogens is 3. The van der Waals surface area contributed by atoms with Crippen molar-refractivity contribution in [2.24, 2.45) is 0 Å². The van der Waals surface area contributed by atoms with Crippen molar-refractivity contribution in [2.45, 2.75) is 13.1 Å². The molecule has 0 aliphatic carbocycles. The molecule has 2 aromatic heterocycles. The molecular formula is C13H10F3NO3. The summed E-state index contributed by atoms with van der Waals surface area (Å²) in [6.45, 7) is 1.61. The first-order valence-corrected chi connectivity index (χ1v) is 5.71. The highest BCUT2D eigenvalue weighted by Crippen LogP contribution is 2.32. The van der Waals surface area contributed by atoms with Crippen molar-refractivity contribution in [2.75, 3.05) is 6.61 Å². The zero-order valence-electron chi connectivity index (χ0n) is 10.4. The lowest BCUT2D eigenvalue weighted by molar-refractivity contribution is -0.137. The predicted octanol–water partition coefficient (Wildman–Crippen LogP) is 3.54. The summed E-state index contributed by atoms with van der Waals surface area (Å²) in [6, 6.07) is 3.75. The molecule has 2 aromatic rings. The molecule has 0 bridgehead atoms. The normalized spacial score (nSPS) is 11.4. The van der Waals surface area contributed by atoms with Gasteiger partial charge < -0.3 is 9.15 Å². The highest BCUT2D eigenvalue weighted by Gasteiger charge is 2.33. The fourth-order valence-corrected chi connectivity index (χ4v) is 1.59. The molecule has 7 heteroatoms. The Bertz CT molecular complexity index is 606. The zero-order valence-corrected chi connectivity index (χ0v) is 10.4. The zero-order chi connectivity index (χ0) is 14.8. The number of carbonyl (C=O) groups excluding carboxylic acids is 1. The third-order valence-corrected chi connectivity index (χ3v) is 2.46. The number of pyridine rings is 1. The van der Waals surface area contributed by atoms with Gasteiger partial charge in [0.05, 0.1) is 24.0 Å². The molecule has 0 atom stereocenters. The van der Waals surface area contributed by atoms with Gasteiger partial charge in [0.2, 0.25) is 0 Å². The third kappa shape index (κ3) is 2.81. The molecule has 0 radical (unpaired) electrons. The summed E-state index contributed by atoms with van der Waals surface area (Å²) in [7, 11) is 0. The van der Waals surface area contributed by atoms with Crippen molar-refractivity contribution < 1.29 is 27.1 Å². The number of hydrogen-bond acceptors (Lipinski definition) is 4. The number of hydrogen-bond donors (Lipinski definition) is 0. The van der Waals surface area contributed by atoms with Gasteiger partial charge in [-0.15, -0.1) is 0 Å². The molecule has 0 aliphatic heterocycles. The number of aromatic nitrogens is 1. The van der Waals surface area contributed by atoms with Crippen molar-refractivity contribution in [3.8, 4) is 11.5 Å². The van der Waals surface area contributed by atoms with Crippen molar-refractivity contribution in [1.82, 2.24) is 4.98 Å². The van der Waals surface area contributed by atoms with Gasteiger partial charge in [-0.2, -0.15) is 13.2 Å². The Labute approximate surface area is 112 Å². The fourth-order valence-electron chi connectivity index (χ4n) is 1.59. The standard InChI is InChI=1S/C13H10F3NO3/c1-2-19-12(18)9-6-8(13(14,15)16)7-17-11(9)10-4-3-5-20-10/h3-7H,2H2,1H3. The smallest absolute Gasteiger partial charge is 0.417 e. The van der Waals surface area contributed by atoms with E-state index in [1.54, 1.807) is 13.0 Å². The van der Waals surface area contributed by atoms with E-state index in [2.05, 4.69) is 4.98 Å². The number of carbonyl (C=O) groups is 1. The van der Waals surface area contributed by atoms with E-state index in [1.165, 1.54) is 12.3 Å². The molecule has 106 valence electrons. The predicted molar refractivity (Wildman–Crippen MR) is 62.9 cm³/mol. The van der Waals surface area contributed by atoms with Gasteiger partial charge in [-0.05, 0) is 25.1 Å². The van der Waals surface area contributed by atoms with Crippen LogP contribution in [0.2, 0.25) is 0 Å². The quantitative estimate of drug-likeness (QED) is 0.809. The number of alkyl halides is 3. The minimum absolute atomic E-state index is 0.0152. The van der Waals surface area contributed by atoms with Gasteiger partial charge in [0, 0.05) is 6.20 Å². The van der Waals surface area contributed by atoms with Crippen LogP contribution in [-0.4, -0.2) is 17.6 Å². The van der Waals surface area contributed by atoms with E-state index in [0.717, 1.165) is 0 Å². The number of nitrogens with zero attached hydrogens (tertiary/aromatic N) is 1. The van der Waals surface area contributed by atoms with Gasteiger partial charge in [0.1, 0.15) is 5.69 Å². The lowest BCUT2D eigenvalue weighted by Crippen LogP contribution is -2.12. The molecule has 0 aliphatic rings. The van der Waals surface area contributed by atoms with Gasteiger partial charge >= 0.3 is 12.1 Å². The molecule has 0 saturated carbocycles. The lowest BCUT2D eigenvalue weighted by atomic mass is 10.1. The Morgan fingerprint density at radius 2 is 2.20 bits per heavy atom. The Balaban J connectivity index is 2.55. The Hall–Kier alpha value is -2.31. The second-order valence-electron chi connectivity index (χ2n) is 3.82. The molecule has 4 nitrogen and oxygen atoms in total. The summed E-state index contributed by atoms with van der Waals surface area (Å²) < 4.78 is 47.8. The fraction of sp³-hybridized carbons (Fsp3) is 0.231. The molecule has 0 fully saturated rings. The molecule has 20 heavy (non-hydrogen) atoms. The van der Waals surface area contributed by atoms with E-state index in [0.29, 0.717) is 12.3 Å². The summed E-state index contributed by atoms with van der Waals surface area (Å²) in [5, 5.41) is 0. The Morgan fingerprint density at radius 1 is 1.45 bits per heavy atom. The summed E-state index contributed by atoms with van der Waals surface area (Å²) in [4.78, 5) is 15.4. The van der Waals surface area contributed by atoms with Crippen LogP contribution in [0.15, 0.2) is 35.1 Å². The maximum atomic E-state index is 12.7. The largest absolute Gasteiger partial charge is 0.463 e. The summed E-state index contributed by atoms with van der Waals surface area (Å²) in [6.07, 6.45) is -2.60. The minimum Gasteiger partial charge on any atom is -0.463 e. The topological polar surface area (TPSA) is 52.3 Å². The highest BCUT2D eigenvalue weighted by molar-refractivity contribution is 5.95. The maximum absolute atomic E-state index is 12.7. The van der Waals surface area contributed by atoms with E-state index in [4.69, 9.17) is 9.15 Å². The maximum Gasteiger partial charge on any atom is 0.417 e. The second-order valence-corrected chi connectivity index (χ2v) is 3.82. The van der Waals surface area contributed by atoms with E-state index in [-0.39, 0.29) is 23.6 Å². The van der Waals surface area contributed by atoms with Crippen molar-refractivity contribution in [3.63, 3.8) is 0 Å². The van der Waals surface area contributed by atoms with Crippen LogP contribution < -0.4 is 0 Å². The highest BCUT2D eigenvalue weighted by atomic mass is 19.4. The van der Waals surface area contributed by atoms with Crippen molar-refractivity contribution >= 4 is 5.97 Å². The van der Waals surface area contributed by atoms with Gasteiger partial charge in [-0.3, -0.25) is 4.98 Å². The number of esters is 1. The molecular weight excluding hydrogens is 275 g/mol. The molecule has 0 aromatic carbocycles. The van der Waals surface area contributed by atoms with E-state index >= 15 is 0 Å². The monoisotopic (exact) mass is 285 g/mol. The van der Waals surface area contributed by atoms with Gasteiger partial charge in [-0.1, -0.05) is 0 Å². The molecule has 0 saturated heterocycles. The van der Waals surface area contributed by atoms with Crippen LogP contribution >= 0.6 is 0 Å². The molecule has 2 rings (SSSR count). The van der Waals surface area contributed by atoms with Crippen LogP contribution in [0.4, 0.5) is 13.2 Å². The third-order valence-electron chi connectivity index (χ3n) is 2.46. The van der Waals surface area contributed by atoms with E-state index in [1.807, 2.05) is 0 Å². The van der Waals surface area contributed by atoms with Crippen LogP contribution in [0.1, 0.15) is 22.8 Å². The summed E-state index contributed by atoms with van der Waals surface area (Å²) in [5.41, 5.74) is -1.28. The van der Waals surface area contributed by atoms with E-state index < -0.39 is 17.7 Å². The molecule has 0 N–H and O–H groups in total. The van der Waals surface area contributed by atoms with Crippen LogP contribution in [0.25, 0.3) is 11.5 Å². The summed E-state index contributed by atoms with van der Waals surface area (Å²) >= 11 is 0. The van der Waals surface area contributed by atoms with Crippen LogP contribution in [0.3, 0.4) is 0 Å². The van der Waals surface area contributed by atoms with Crippen molar-refractivity contribution in [1.29, 1.82) is 0 Å². The van der Waals surface area contributed by atoms with Crippen LogP contribution in [-0.2, 0) is 10.9 Å². The van der Waals surface area contributed by atoms with Crippen molar-refractivity contribution in [3.05, 3.63) is 41.8 Å². The average molecular weight is 285 g/mol. The van der Waals surface area contributed by atoms with Gasteiger partial charge in [0.15, 0.2) is 5.76 Å². The number of furan rings is 1. The van der Waals surface area contributed by atoms with E-state index in [9.17, 15) is 18.0 Å². The van der Waals surface area contributed by atoms with Gasteiger partial charge in [0.25, 0.3) is 0 Å². The Kier molecular flexibility index (Phi) is 3.78. The second kappa shape index (κ2) is 5.36. The minimum atomic E-state index is -4.59. The average Bonchev–Trinajstić information content (AvgIpc) is 2.91. The number of rotatable bonds is 3. The molecule has 0 unspecified atom stereocenters. The van der Waals surface area contributed by atoms with Crippen LogP contribution in [0, 0.1) is 0 Å².